The zero-order valence-electron chi connectivity index (χ0n) is 4.64. The molecule has 1 atom stereocenters. The fourth-order valence-electron chi connectivity index (χ4n) is 0.215. The zero-order chi connectivity index (χ0) is 5.70. The molecule has 0 aliphatic heterocycles. The molecule has 1 unspecified atom stereocenters. The summed E-state index contributed by atoms with van der Waals surface area (Å²) in [5, 5.41) is 0. The van der Waals surface area contributed by atoms with Crippen LogP contribution >= 0.6 is 10.8 Å². The first-order valence-electron chi connectivity index (χ1n) is 2.32. The highest BCUT2D eigenvalue weighted by molar-refractivity contribution is 8.69. The maximum atomic E-state index is 10.5. The van der Waals surface area contributed by atoms with E-state index in [1.165, 1.54) is 10.8 Å². The van der Waals surface area contributed by atoms with Crippen molar-refractivity contribution >= 4 is 20.6 Å². The lowest BCUT2D eigenvalue weighted by atomic mass is 11.0. The van der Waals surface area contributed by atoms with Crippen molar-refractivity contribution in [2.24, 2.45) is 0 Å². The van der Waals surface area contributed by atoms with Crippen molar-refractivity contribution in [1.82, 2.24) is 0 Å². The average Bonchev–Trinajstić information content (AvgIpc) is 1.68. The van der Waals surface area contributed by atoms with Crippen LogP contribution < -0.4 is 0 Å². The predicted molar refractivity (Wildman–Crippen MR) is 36.8 cm³/mol. The first kappa shape index (κ1) is 7.50. The van der Waals surface area contributed by atoms with E-state index < -0.39 is 9.83 Å². The summed E-state index contributed by atoms with van der Waals surface area (Å²) < 4.78 is 10.5. The second kappa shape index (κ2) is 4.65. The topological polar surface area (TPSA) is 17.1 Å². The monoisotopic (exact) mass is 138 g/mol. The summed E-state index contributed by atoms with van der Waals surface area (Å²) in [5.41, 5.74) is 0. The SMILES string of the molecule is CCSS(=O)CC. The van der Waals surface area contributed by atoms with Crippen LogP contribution in [-0.2, 0) is 9.83 Å². The number of rotatable bonds is 3. The van der Waals surface area contributed by atoms with E-state index in [4.69, 9.17) is 0 Å². The first-order valence-corrected chi connectivity index (χ1v) is 5.15. The normalized spacial score (nSPS) is 14.0. The molecule has 0 saturated heterocycles. The summed E-state index contributed by atoms with van der Waals surface area (Å²) in [5.74, 6) is 1.74. The van der Waals surface area contributed by atoms with Gasteiger partial charge in [-0.2, -0.15) is 0 Å². The molecule has 0 heterocycles. The fourth-order valence-corrected chi connectivity index (χ4v) is 1.93. The quantitative estimate of drug-likeness (QED) is 0.549. The summed E-state index contributed by atoms with van der Waals surface area (Å²) in [7, 11) is 0.893. The third-order valence-corrected chi connectivity index (χ3v) is 3.66. The van der Waals surface area contributed by atoms with Gasteiger partial charge in [-0.1, -0.05) is 24.6 Å². The van der Waals surface area contributed by atoms with Crippen LogP contribution in [0.3, 0.4) is 0 Å². The van der Waals surface area contributed by atoms with Gasteiger partial charge in [0, 0.05) is 11.5 Å². The smallest absolute Gasteiger partial charge is 0.0800 e. The molecule has 0 spiro atoms. The van der Waals surface area contributed by atoms with Crippen LogP contribution in [0.5, 0.6) is 0 Å². The molecule has 7 heavy (non-hydrogen) atoms. The minimum Gasteiger partial charge on any atom is -0.248 e. The average molecular weight is 138 g/mol. The summed E-state index contributed by atoms with van der Waals surface area (Å²) in [6, 6.07) is 0. The predicted octanol–water partition coefficient (Wildman–Crippen LogP) is 1.42. The zero-order valence-corrected chi connectivity index (χ0v) is 6.27. The Bertz CT molecular complexity index is 62.7. The summed E-state index contributed by atoms with van der Waals surface area (Å²) in [6.07, 6.45) is 0. The van der Waals surface area contributed by atoms with Crippen molar-refractivity contribution in [3.63, 3.8) is 0 Å². The van der Waals surface area contributed by atoms with E-state index in [0.29, 0.717) is 0 Å². The van der Waals surface area contributed by atoms with E-state index >= 15 is 0 Å². The summed E-state index contributed by atoms with van der Waals surface area (Å²) >= 11 is 0. The van der Waals surface area contributed by atoms with Crippen LogP contribution in [0.4, 0.5) is 0 Å². The Hall–Kier alpha value is 0.500. The Morgan fingerprint density at radius 2 is 2.14 bits per heavy atom. The van der Waals surface area contributed by atoms with Crippen molar-refractivity contribution in [3.8, 4) is 0 Å². The van der Waals surface area contributed by atoms with Gasteiger partial charge in [0.15, 0.2) is 0 Å². The Kier molecular flexibility index (Phi) is 4.99. The molecule has 0 bridgehead atoms. The second-order valence-electron chi connectivity index (χ2n) is 0.999. The van der Waals surface area contributed by atoms with Gasteiger partial charge in [0.2, 0.25) is 0 Å². The van der Waals surface area contributed by atoms with Gasteiger partial charge in [-0.15, -0.1) is 0 Å². The lowest BCUT2D eigenvalue weighted by molar-refractivity contribution is 0.692. The molecular formula is C4H10OS2. The van der Waals surface area contributed by atoms with Gasteiger partial charge in [-0.3, -0.25) is 0 Å². The molecule has 44 valence electrons. The minimum absolute atomic E-state index is 0.610. The van der Waals surface area contributed by atoms with Crippen LogP contribution in [0.25, 0.3) is 0 Å². The third-order valence-electron chi connectivity index (χ3n) is 0.485. The molecule has 0 aliphatic carbocycles. The van der Waals surface area contributed by atoms with Crippen LogP contribution in [0.15, 0.2) is 0 Å². The largest absolute Gasteiger partial charge is 0.248 e. The number of hydrogen-bond acceptors (Lipinski definition) is 2. The molecule has 0 amide bonds. The van der Waals surface area contributed by atoms with E-state index in [0.717, 1.165) is 11.5 Å². The van der Waals surface area contributed by atoms with Crippen LogP contribution in [-0.4, -0.2) is 15.7 Å². The molecule has 0 aromatic rings. The van der Waals surface area contributed by atoms with Crippen LogP contribution in [0.1, 0.15) is 13.8 Å². The highest BCUT2D eigenvalue weighted by Gasteiger charge is 1.89. The van der Waals surface area contributed by atoms with Crippen molar-refractivity contribution < 1.29 is 4.21 Å². The highest BCUT2D eigenvalue weighted by Crippen LogP contribution is 2.04. The van der Waals surface area contributed by atoms with Crippen molar-refractivity contribution in [3.05, 3.63) is 0 Å². The molecule has 0 aliphatic rings. The minimum atomic E-state index is -0.610. The van der Waals surface area contributed by atoms with Gasteiger partial charge in [0.05, 0.1) is 9.83 Å². The Morgan fingerprint density at radius 1 is 1.57 bits per heavy atom. The van der Waals surface area contributed by atoms with Crippen molar-refractivity contribution in [2.45, 2.75) is 13.8 Å². The molecule has 0 radical (unpaired) electrons. The molecule has 0 rings (SSSR count). The van der Waals surface area contributed by atoms with E-state index in [2.05, 4.69) is 0 Å². The van der Waals surface area contributed by atoms with Gasteiger partial charge in [-0.05, 0) is 0 Å². The molecule has 0 saturated carbocycles. The highest BCUT2D eigenvalue weighted by atomic mass is 33.1. The lowest BCUT2D eigenvalue weighted by Gasteiger charge is -1.88. The number of hydrogen-bond donors (Lipinski definition) is 0. The molecule has 0 N–H and O–H groups in total. The second-order valence-corrected chi connectivity index (χ2v) is 4.82. The van der Waals surface area contributed by atoms with Gasteiger partial charge in [0.1, 0.15) is 0 Å². The van der Waals surface area contributed by atoms with E-state index in [-0.39, 0.29) is 0 Å². The lowest BCUT2D eigenvalue weighted by Crippen LogP contribution is -1.84. The maximum absolute atomic E-state index is 10.5. The van der Waals surface area contributed by atoms with E-state index in [1.807, 2.05) is 13.8 Å². The standard InChI is InChI=1S/C4H10OS2/c1-3-6-7(5)4-2/h3-4H2,1-2H3. The molecular weight excluding hydrogens is 128 g/mol. The van der Waals surface area contributed by atoms with Gasteiger partial charge < -0.3 is 0 Å². The molecule has 0 aromatic heterocycles. The summed E-state index contributed by atoms with van der Waals surface area (Å²) in [6.45, 7) is 3.94. The molecule has 0 aromatic carbocycles. The maximum Gasteiger partial charge on any atom is 0.0800 e. The molecule has 3 heteroatoms. The van der Waals surface area contributed by atoms with E-state index in [1.54, 1.807) is 0 Å². The Morgan fingerprint density at radius 3 is 2.29 bits per heavy atom. The fraction of sp³-hybridized carbons (Fsp3) is 1.00. The van der Waals surface area contributed by atoms with Gasteiger partial charge >= 0.3 is 0 Å². The van der Waals surface area contributed by atoms with E-state index in [9.17, 15) is 4.21 Å². The van der Waals surface area contributed by atoms with Crippen molar-refractivity contribution in [1.29, 1.82) is 0 Å². The summed E-state index contributed by atoms with van der Waals surface area (Å²) in [4.78, 5) is 0. The van der Waals surface area contributed by atoms with Gasteiger partial charge in [0.25, 0.3) is 0 Å². The van der Waals surface area contributed by atoms with Crippen molar-refractivity contribution in [2.75, 3.05) is 11.5 Å². The van der Waals surface area contributed by atoms with Gasteiger partial charge in [-0.25, -0.2) is 4.21 Å². The van der Waals surface area contributed by atoms with Crippen LogP contribution in [0.2, 0.25) is 0 Å². The first-order chi connectivity index (χ1) is 3.31. The molecule has 0 fully saturated rings. The van der Waals surface area contributed by atoms with Crippen LogP contribution in [0, 0.1) is 0 Å². The molecule has 1 nitrogen and oxygen atoms in total. The Labute approximate surface area is 50.7 Å². The third kappa shape index (κ3) is 4.35. The Balaban J connectivity index is 3.00.